The molecule has 0 unspecified atom stereocenters. The van der Waals surface area contributed by atoms with Crippen molar-refractivity contribution in [2.24, 2.45) is 0 Å². The van der Waals surface area contributed by atoms with Gasteiger partial charge >= 0.3 is 0 Å². The summed E-state index contributed by atoms with van der Waals surface area (Å²) >= 11 is 5.87. The third-order valence-electron chi connectivity index (χ3n) is 2.81. The van der Waals surface area contributed by atoms with Crippen molar-refractivity contribution < 1.29 is 0 Å². The Morgan fingerprint density at radius 1 is 1.24 bits per heavy atom. The van der Waals surface area contributed by atoms with Crippen molar-refractivity contribution in [3.8, 4) is 5.95 Å². The van der Waals surface area contributed by atoms with Crippen molar-refractivity contribution in [2.75, 3.05) is 5.32 Å². The summed E-state index contributed by atoms with van der Waals surface area (Å²) in [6.45, 7) is 1.87. The molecule has 3 rings (SSSR count). The zero-order chi connectivity index (χ0) is 14.8. The Balaban J connectivity index is 2.00. The zero-order valence-electron chi connectivity index (χ0n) is 11.2. The molecule has 7 heteroatoms. The van der Waals surface area contributed by atoms with Crippen LogP contribution >= 0.6 is 11.6 Å². The Morgan fingerprint density at radius 3 is 2.71 bits per heavy atom. The Hall–Kier alpha value is -2.60. The lowest BCUT2D eigenvalue weighted by molar-refractivity contribution is 0.797. The third kappa shape index (κ3) is 2.95. The van der Waals surface area contributed by atoms with E-state index in [-0.39, 0.29) is 5.56 Å². The minimum absolute atomic E-state index is 0.231. The highest BCUT2D eigenvalue weighted by molar-refractivity contribution is 6.30. The molecule has 0 bridgehead atoms. The van der Waals surface area contributed by atoms with Gasteiger partial charge in [-0.05, 0) is 31.2 Å². The molecule has 0 aliphatic rings. The lowest BCUT2D eigenvalue weighted by atomic mass is 10.3. The first-order valence-corrected chi connectivity index (χ1v) is 6.64. The highest BCUT2D eigenvalue weighted by atomic mass is 35.5. The van der Waals surface area contributed by atoms with Crippen LogP contribution in [0.1, 0.15) is 5.69 Å². The highest BCUT2D eigenvalue weighted by Gasteiger charge is 2.09. The van der Waals surface area contributed by atoms with Crippen LogP contribution in [0, 0.1) is 6.92 Å². The van der Waals surface area contributed by atoms with Crippen LogP contribution in [0.5, 0.6) is 0 Å². The summed E-state index contributed by atoms with van der Waals surface area (Å²) in [4.78, 5) is 18.2. The molecule has 0 aliphatic heterocycles. The van der Waals surface area contributed by atoms with E-state index in [2.05, 4.69) is 20.4 Å². The van der Waals surface area contributed by atoms with Gasteiger partial charge in [0.2, 0.25) is 5.95 Å². The molecule has 0 saturated heterocycles. The molecule has 21 heavy (non-hydrogen) atoms. The molecule has 0 radical (unpaired) electrons. The van der Waals surface area contributed by atoms with E-state index in [1.165, 1.54) is 12.3 Å². The van der Waals surface area contributed by atoms with E-state index in [0.29, 0.717) is 16.8 Å². The van der Waals surface area contributed by atoms with Gasteiger partial charge in [0.1, 0.15) is 5.82 Å². The molecule has 106 valence electrons. The number of hydrogen-bond acceptors (Lipinski definition) is 4. The molecule has 0 fully saturated rings. The van der Waals surface area contributed by atoms with Crippen LogP contribution in [0.3, 0.4) is 0 Å². The maximum atomic E-state index is 11.4. The van der Waals surface area contributed by atoms with Gasteiger partial charge in [-0.25, -0.2) is 4.98 Å². The SMILES string of the molecule is Cc1cc(Nc2ccc(Cl)cc2)n(-c2nccc(=O)[nH]2)n1. The summed E-state index contributed by atoms with van der Waals surface area (Å²) in [6, 6.07) is 10.5. The van der Waals surface area contributed by atoms with E-state index in [1.807, 2.05) is 25.1 Å². The summed E-state index contributed by atoms with van der Waals surface area (Å²) in [7, 11) is 0. The Labute approximate surface area is 125 Å². The number of hydrogen-bond donors (Lipinski definition) is 2. The van der Waals surface area contributed by atoms with Crippen LogP contribution in [-0.2, 0) is 0 Å². The van der Waals surface area contributed by atoms with E-state index in [0.717, 1.165) is 11.4 Å². The molecule has 0 aliphatic carbocycles. The number of aromatic nitrogens is 4. The van der Waals surface area contributed by atoms with Crippen molar-refractivity contribution in [3.63, 3.8) is 0 Å². The fourth-order valence-corrected chi connectivity index (χ4v) is 2.02. The number of benzene rings is 1. The van der Waals surface area contributed by atoms with Crippen LogP contribution in [0.25, 0.3) is 5.95 Å². The number of anilines is 2. The van der Waals surface area contributed by atoms with Crippen molar-refractivity contribution in [2.45, 2.75) is 6.92 Å². The van der Waals surface area contributed by atoms with Gasteiger partial charge in [0.25, 0.3) is 5.56 Å². The van der Waals surface area contributed by atoms with Gasteiger partial charge in [0.05, 0.1) is 5.69 Å². The van der Waals surface area contributed by atoms with Gasteiger partial charge in [-0.15, -0.1) is 0 Å². The van der Waals surface area contributed by atoms with E-state index < -0.39 is 0 Å². The van der Waals surface area contributed by atoms with Crippen molar-refractivity contribution in [3.05, 3.63) is 63.7 Å². The predicted molar refractivity (Wildman–Crippen MR) is 81.5 cm³/mol. The molecule has 0 spiro atoms. The number of nitrogens with zero attached hydrogens (tertiary/aromatic N) is 3. The van der Waals surface area contributed by atoms with Crippen molar-refractivity contribution in [1.82, 2.24) is 19.7 Å². The molecule has 0 atom stereocenters. The molecule has 0 amide bonds. The Bertz CT molecular complexity index is 822. The molecule has 2 aromatic heterocycles. The van der Waals surface area contributed by atoms with Gasteiger partial charge in [-0.1, -0.05) is 11.6 Å². The molecule has 1 aromatic carbocycles. The smallest absolute Gasteiger partial charge is 0.252 e. The largest absolute Gasteiger partial charge is 0.340 e. The minimum atomic E-state index is -0.231. The standard InChI is InChI=1S/C14H12ClN5O/c1-9-8-12(17-11-4-2-10(15)3-5-11)20(19-9)14-16-7-6-13(21)18-14/h2-8,17H,1H3,(H,16,18,21). The average Bonchev–Trinajstić information content (AvgIpc) is 2.82. The lowest BCUT2D eigenvalue weighted by Gasteiger charge is -2.08. The van der Waals surface area contributed by atoms with Crippen molar-refractivity contribution in [1.29, 1.82) is 0 Å². The summed E-state index contributed by atoms with van der Waals surface area (Å²) in [6.07, 6.45) is 1.44. The Morgan fingerprint density at radius 2 is 2.00 bits per heavy atom. The van der Waals surface area contributed by atoms with Crippen LogP contribution < -0.4 is 10.9 Å². The minimum Gasteiger partial charge on any atom is -0.340 e. The zero-order valence-corrected chi connectivity index (χ0v) is 11.9. The lowest BCUT2D eigenvalue weighted by Crippen LogP contribution is -2.13. The third-order valence-corrected chi connectivity index (χ3v) is 3.06. The molecular formula is C14H12ClN5O. The topological polar surface area (TPSA) is 75.6 Å². The van der Waals surface area contributed by atoms with Crippen LogP contribution in [0.4, 0.5) is 11.5 Å². The number of aromatic amines is 1. The predicted octanol–water partition coefficient (Wildman–Crippen LogP) is 2.66. The molecule has 2 N–H and O–H groups in total. The number of rotatable bonds is 3. The molecule has 3 aromatic rings. The van der Waals surface area contributed by atoms with Gasteiger partial charge < -0.3 is 5.32 Å². The summed E-state index contributed by atoms with van der Waals surface area (Å²) < 4.78 is 1.55. The number of halogens is 1. The fraction of sp³-hybridized carbons (Fsp3) is 0.0714. The van der Waals surface area contributed by atoms with Crippen LogP contribution in [0.2, 0.25) is 5.02 Å². The van der Waals surface area contributed by atoms with E-state index in [1.54, 1.807) is 16.8 Å². The number of H-pyrrole nitrogens is 1. The monoisotopic (exact) mass is 301 g/mol. The van der Waals surface area contributed by atoms with E-state index in [9.17, 15) is 4.79 Å². The molecular weight excluding hydrogens is 290 g/mol. The molecule has 0 saturated carbocycles. The maximum Gasteiger partial charge on any atom is 0.252 e. The summed E-state index contributed by atoms with van der Waals surface area (Å²) in [5.41, 5.74) is 1.43. The van der Waals surface area contributed by atoms with Crippen LogP contribution in [-0.4, -0.2) is 19.7 Å². The first kappa shape index (κ1) is 13.4. The first-order valence-electron chi connectivity index (χ1n) is 6.27. The van der Waals surface area contributed by atoms with Gasteiger partial charge in [0.15, 0.2) is 0 Å². The normalized spacial score (nSPS) is 10.6. The molecule has 2 heterocycles. The molecule has 6 nitrogen and oxygen atoms in total. The van der Waals surface area contributed by atoms with Crippen LogP contribution in [0.15, 0.2) is 47.4 Å². The average molecular weight is 302 g/mol. The van der Waals surface area contributed by atoms with Gasteiger partial charge in [-0.3, -0.25) is 9.78 Å². The first-order chi connectivity index (χ1) is 10.1. The number of aryl methyl sites for hydroxylation is 1. The summed E-state index contributed by atoms with van der Waals surface area (Å²) in [5.74, 6) is 1.05. The second-order valence-corrected chi connectivity index (χ2v) is 4.91. The second-order valence-electron chi connectivity index (χ2n) is 4.47. The fourth-order valence-electron chi connectivity index (χ4n) is 1.90. The van der Waals surface area contributed by atoms with Gasteiger partial charge in [-0.2, -0.15) is 9.78 Å². The number of nitrogens with one attached hydrogen (secondary N) is 2. The van der Waals surface area contributed by atoms with E-state index >= 15 is 0 Å². The van der Waals surface area contributed by atoms with Crippen molar-refractivity contribution >= 4 is 23.1 Å². The quantitative estimate of drug-likeness (QED) is 0.780. The maximum absolute atomic E-state index is 11.4. The highest BCUT2D eigenvalue weighted by Crippen LogP contribution is 2.21. The van der Waals surface area contributed by atoms with E-state index in [4.69, 9.17) is 11.6 Å². The Kier molecular flexibility index (Phi) is 3.45. The second kappa shape index (κ2) is 5.41. The van der Waals surface area contributed by atoms with Gasteiger partial charge in [0, 0.05) is 29.0 Å². The summed E-state index contributed by atoms with van der Waals surface area (Å²) in [5, 5.41) is 8.22.